The summed E-state index contributed by atoms with van der Waals surface area (Å²) in [6.45, 7) is 4.21. The molecule has 112 valence electrons. The molecule has 0 aromatic heterocycles. The Bertz CT molecular complexity index is 434. The first-order valence-corrected chi connectivity index (χ1v) is 6.81. The number of esters is 1. The number of anilines is 1. The van der Waals surface area contributed by atoms with Crippen LogP contribution in [0.1, 0.15) is 26.7 Å². The van der Waals surface area contributed by atoms with Crippen molar-refractivity contribution in [3.63, 3.8) is 0 Å². The molecule has 0 amide bonds. The van der Waals surface area contributed by atoms with Gasteiger partial charge in [0.05, 0.1) is 20.8 Å². The molecule has 0 saturated heterocycles. The Morgan fingerprint density at radius 2 is 1.90 bits per heavy atom. The minimum Gasteiger partial charge on any atom is -0.493 e. The average molecular weight is 281 g/mol. The van der Waals surface area contributed by atoms with E-state index >= 15 is 0 Å². The highest BCUT2D eigenvalue weighted by Gasteiger charge is 2.19. The normalized spacial score (nSPS) is 11.6. The van der Waals surface area contributed by atoms with Gasteiger partial charge in [-0.15, -0.1) is 0 Å². The van der Waals surface area contributed by atoms with Crippen LogP contribution in [0, 0.1) is 0 Å². The van der Waals surface area contributed by atoms with E-state index in [0.29, 0.717) is 24.5 Å². The van der Waals surface area contributed by atoms with E-state index in [1.165, 1.54) is 0 Å². The van der Waals surface area contributed by atoms with E-state index in [2.05, 4.69) is 5.32 Å². The Morgan fingerprint density at radius 1 is 1.20 bits per heavy atom. The first kappa shape index (κ1) is 16.1. The number of benzene rings is 1. The molecular weight excluding hydrogens is 258 g/mol. The summed E-state index contributed by atoms with van der Waals surface area (Å²) in [6.07, 6.45) is 1.61. The lowest BCUT2D eigenvalue weighted by Crippen LogP contribution is -2.31. The van der Waals surface area contributed by atoms with Gasteiger partial charge in [0.15, 0.2) is 11.5 Å². The summed E-state index contributed by atoms with van der Waals surface area (Å²) in [5.74, 6) is 1.04. The van der Waals surface area contributed by atoms with E-state index in [1.807, 2.05) is 13.0 Å². The number of methoxy groups -OCH3 is 2. The smallest absolute Gasteiger partial charge is 0.328 e. The van der Waals surface area contributed by atoms with Crippen LogP contribution in [0.4, 0.5) is 5.69 Å². The molecule has 5 heteroatoms. The Balaban J connectivity index is 2.85. The second kappa shape index (κ2) is 8.30. The molecule has 0 heterocycles. The van der Waals surface area contributed by atoms with Gasteiger partial charge in [-0.3, -0.25) is 0 Å². The van der Waals surface area contributed by atoms with Crippen molar-refractivity contribution in [2.24, 2.45) is 0 Å². The van der Waals surface area contributed by atoms with Gasteiger partial charge in [-0.25, -0.2) is 4.79 Å². The Morgan fingerprint density at radius 3 is 2.45 bits per heavy atom. The topological polar surface area (TPSA) is 56.8 Å². The van der Waals surface area contributed by atoms with Crippen LogP contribution in [-0.4, -0.2) is 32.8 Å². The van der Waals surface area contributed by atoms with Crippen LogP contribution in [0.25, 0.3) is 0 Å². The van der Waals surface area contributed by atoms with Crippen LogP contribution < -0.4 is 14.8 Å². The number of carbonyl (C=O) groups excluding carboxylic acids is 1. The second-order valence-corrected chi connectivity index (χ2v) is 4.31. The zero-order valence-corrected chi connectivity index (χ0v) is 12.6. The summed E-state index contributed by atoms with van der Waals surface area (Å²) in [5, 5.41) is 3.18. The molecule has 20 heavy (non-hydrogen) atoms. The van der Waals surface area contributed by atoms with Crippen LogP contribution in [-0.2, 0) is 9.53 Å². The highest BCUT2D eigenvalue weighted by Crippen LogP contribution is 2.30. The predicted molar refractivity (Wildman–Crippen MR) is 78.5 cm³/mol. The average Bonchev–Trinajstić information content (AvgIpc) is 2.46. The summed E-state index contributed by atoms with van der Waals surface area (Å²) in [7, 11) is 3.17. The number of nitrogens with one attached hydrogen (secondary N) is 1. The number of ether oxygens (including phenoxy) is 3. The Kier molecular flexibility index (Phi) is 6.70. The first-order chi connectivity index (χ1) is 9.65. The van der Waals surface area contributed by atoms with Gasteiger partial charge in [0.1, 0.15) is 6.04 Å². The van der Waals surface area contributed by atoms with E-state index in [4.69, 9.17) is 14.2 Å². The van der Waals surface area contributed by atoms with Crippen molar-refractivity contribution in [2.45, 2.75) is 32.7 Å². The fourth-order valence-electron chi connectivity index (χ4n) is 1.91. The molecule has 5 nitrogen and oxygen atoms in total. The van der Waals surface area contributed by atoms with Gasteiger partial charge in [0, 0.05) is 11.8 Å². The van der Waals surface area contributed by atoms with Crippen LogP contribution >= 0.6 is 0 Å². The van der Waals surface area contributed by atoms with Crippen molar-refractivity contribution in [3.8, 4) is 11.5 Å². The molecule has 1 aromatic carbocycles. The number of carbonyl (C=O) groups is 1. The fraction of sp³-hybridized carbons (Fsp3) is 0.533. The molecule has 1 atom stereocenters. The fourth-order valence-corrected chi connectivity index (χ4v) is 1.91. The van der Waals surface area contributed by atoms with Gasteiger partial charge in [-0.2, -0.15) is 0 Å². The molecular formula is C15H23NO4. The Hall–Kier alpha value is -1.91. The lowest BCUT2D eigenvalue weighted by Gasteiger charge is -2.18. The van der Waals surface area contributed by atoms with Crippen molar-refractivity contribution in [1.82, 2.24) is 0 Å². The van der Waals surface area contributed by atoms with Gasteiger partial charge in [0.25, 0.3) is 0 Å². The largest absolute Gasteiger partial charge is 0.493 e. The standard InChI is InChI=1S/C15H23NO4/c1-5-7-12(15(17)20-6-2)16-11-8-9-13(18-3)14(10-11)19-4/h8-10,12,16H,5-7H2,1-4H3. The third kappa shape index (κ3) is 4.33. The van der Waals surface area contributed by atoms with E-state index < -0.39 is 0 Å². The van der Waals surface area contributed by atoms with Gasteiger partial charge < -0.3 is 19.5 Å². The minimum atomic E-state index is -0.349. The molecule has 0 radical (unpaired) electrons. The lowest BCUT2D eigenvalue weighted by molar-refractivity contribution is -0.144. The minimum absolute atomic E-state index is 0.232. The van der Waals surface area contributed by atoms with Crippen molar-refractivity contribution in [1.29, 1.82) is 0 Å². The third-order valence-electron chi connectivity index (χ3n) is 2.87. The van der Waals surface area contributed by atoms with Gasteiger partial charge in [-0.1, -0.05) is 13.3 Å². The molecule has 0 fully saturated rings. The van der Waals surface area contributed by atoms with Gasteiger partial charge in [0.2, 0.25) is 0 Å². The molecule has 1 rings (SSSR count). The van der Waals surface area contributed by atoms with E-state index in [1.54, 1.807) is 33.3 Å². The molecule has 0 spiro atoms. The van der Waals surface area contributed by atoms with Crippen LogP contribution in [0.5, 0.6) is 11.5 Å². The molecule has 0 aliphatic carbocycles. The highest BCUT2D eigenvalue weighted by molar-refractivity contribution is 5.79. The van der Waals surface area contributed by atoms with Gasteiger partial charge >= 0.3 is 5.97 Å². The SMILES string of the molecule is CCCC(Nc1ccc(OC)c(OC)c1)C(=O)OCC. The van der Waals surface area contributed by atoms with Crippen molar-refractivity contribution >= 4 is 11.7 Å². The predicted octanol–water partition coefficient (Wildman–Crippen LogP) is 2.85. The highest BCUT2D eigenvalue weighted by atomic mass is 16.5. The van der Waals surface area contributed by atoms with E-state index in [9.17, 15) is 4.79 Å². The summed E-state index contributed by atoms with van der Waals surface area (Å²) in [5.41, 5.74) is 0.800. The first-order valence-electron chi connectivity index (χ1n) is 6.81. The Labute approximate surface area is 120 Å². The third-order valence-corrected chi connectivity index (χ3v) is 2.87. The molecule has 1 N–H and O–H groups in total. The van der Waals surface area contributed by atoms with Crippen molar-refractivity contribution in [2.75, 3.05) is 26.1 Å². The number of rotatable bonds is 8. The quantitative estimate of drug-likeness (QED) is 0.743. The zero-order chi connectivity index (χ0) is 15.0. The summed E-state index contributed by atoms with van der Waals surface area (Å²) >= 11 is 0. The molecule has 1 aromatic rings. The summed E-state index contributed by atoms with van der Waals surface area (Å²) in [4.78, 5) is 11.9. The van der Waals surface area contributed by atoms with Crippen LogP contribution in [0.2, 0.25) is 0 Å². The van der Waals surface area contributed by atoms with Crippen LogP contribution in [0.3, 0.4) is 0 Å². The summed E-state index contributed by atoms with van der Waals surface area (Å²) < 4.78 is 15.5. The summed E-state index contributed by atoms with van der Waals surface area (Å²) in [6, 6.07) is 5.11. The molecule has 0 saturated carbocycles. The monoisotopic (exact) mass is 281 g/mol. The maximum absolute atomic E-state index is 11.9. The van der Waals surface area contributed by atoms with E-state index in [-0.39, 0.29) is 12.0 Å². The van der Waals surface area contributed by atoms with Gasteiger partial charge in [-0.05, 0) is 25.5 Å². The molecule has 0 aliphatic heterocycles. The zero-order valence-electron chi connectivity index (χ0n) is 12.6. The number of hydrogen-bond donors (Lipinski definition) is 1. The molecule has 1 unspecified atom stereocenters. The lowest BCUT2D eigenvalue weighted by atomic mass is 10.1. The van der Waals surface area contributed by atoms with Crippen LogP contribution in [0.15, 0.2) is 18.2 Å². The second-order valence-electron chi connectivity index (χ2n) is 4.31. The van der Waals surface area contributed by atoms with Crippen molar-refractivity contribution < 1.29 is 19.0 Å². The molecule has 0 bridgehead atoms. The van der Waals surface area contributed by atoms with Crippen molar-refractivity contribution in [3.05, 3.63) is 18.2 Å². The maximum Gasteiger partial charge on any atom is 0.328 e. The maximum atomic E-state index is 11.9. The van der Waals surface area contributed by atoms with E-state index in [0.717, 1.165) is 12.1 Å². The molecule has 0 aliphatic rings. The number of hydrogen-bond acceptors (Lipinski definition) is 5.